The predicted octanol–water partition coefficient (Wildman–Crippen LogP) is 6.17. The Hall–Kier alpha value is -3.72. The summed E-state index contributed by atoms with van der Waals surface area (Å²) in [4.78, 5) is 0.841. The third kappa shape index (κ3) is 5.86. The molecule has 7 nitrogen and oxygen atoms in total. The van der Waals surface area contributed by atoms with Crippen LogP contribution in [0.15, 0.2) is 47.4 Å². The summed E-state index contributed by atoms with van der Waals surface area (Å²) >= 11 is 1.29. The van der Waals surface area contributed by atoms with E-state index in [1.54, 1.807) is 47.7 Å². The van der Waals surface area contributed by atoms with Crippen molar-refractivity contribution in [1.29, 1.82) is 0 Å². The fourth-order valence-electron chi connectivity index (χ4n) is 3.39. The van der Waals surface area contributed by atoms with Crippen LogP contribution >= 0.6 is 11.9 Å². The van der Waals surface area contributed by atoms with Crippen molar-refractivity contribution in [1.82, 2.24) is 0 Å². The van der Waals surface area contributed by atoms with Gasteiger partial charge in [0.2, 0.25) is 5.75 Å². The third-order valence-corrected chi connectivity index (χ3v) is 5.91. The maximum absolute atomic E-state index is 14.5. The van der Waals surface area contributed by atoms with Crippen LogP contribution in [-0.2, 0) is 0 Å². The second-order valence-electron chi connectivity index (χ2n) is 7.06. The number of hydrogen-bond acceptors (Lipinski definition) is 8. The largest absolute Gasteiger partial charge is 0.493 e. The van der Waals surface area contributed by atoms with E-state index < -0.39 is 5.82 Å². The Balaban J connectivity index is 1.95. The van der Waals surface area contributed by atoms with Crippen LogP contribution in [0.1, 0.15) is 11.1 Å². The number of nitrogens with one attached hydrogen (secondary N) is 1. The minimum absolute atomic E-state index is 0.102. The lowest BCUT2D eigenvalue weighted by molar-refractivity contribution is 0.324. The second-order valence-corrected chi connectivity index (χ2v) is 7.94. The number of hydrogen-bond donors (Lipinski definition) is 1. The highest BCUT2D eigenvalue weighted by Gasteiger charge is 2.15. The summed E-state index contributed by atoms with van der Waals surface area (Å²) in [6.07, 6.45) is 3.71. The van der Waals surface area contributed by atoms with Crippen LogP contribution in [0.3, 0.4) is 0 Å². The molecule has 0 aromatic heterocycles. The molecule has 0 spiro atoms. The van der Waals surface area contributed by atoms with Crippen molar-refractivity contribution in [2.75, 3.05) is 47.4 Å². The number of halogens is 1. The van der Waals surface area contributed by atoms with Crippen molar-refractivity contribution in [2.24, 2.45) is 0 Å². The Bertz CT molecular complexity index is 1180. The van der Waals surface area contributed by atoms with Gasteiger partial charge >= 0.3 is 0 Å². The molecule has 3 aromatic carbocycles. The molecule has 0 amide bonds. The first-order valence-electron chi connectivity index (χ1n) is 10.5. The Morgan fingerprint density at radius 2 is 1.29 bits per heavy atom. The molecule has 0 unspecified atom stereocenters. The van der Waals surface area contributed by atoms with Crippen molar-refractivity contribution in [3.63, 3.8) is 0 Å². The molecule has 0 aliphatic carbocycles. The van der Waals surface area contributed by atoms with Crippen molar-refractivity contribution >= 4 is 29.8 Å². The quantitative estimate of drug-likeness (QED) is 0.247. The van der Waals surface area contributed by atoms with Gasteiger partial charge in [0, 0.05) is 10.5 Å². The van der Waals surface area contributed by atoms with Gasteiger partial charge in [0.1, 0.15) is 0 Å². The lowest BCUT2D eigenvalue weighted by Gasteiger charge is -2.15. The van der Waals surface area contributed by atoms with Crippen LogP contribution in [0.2, 0.25) is 0 Å². The van der Waals surface area contributed by atoms with Gasteiger partial charge in [0.25, 0.3) is 0 Å². The van der Waals surface area contributed by atoms with Gasteiger partial charge in [-0.3, -0.25) is 0 Å². The minimum Gasteiger partial charge on any atom is -0.493 e. The molecule has 9 heteroatoms. The van der Waals surface area contributed by atoms with E-state index in [1.807, 2.05) is 36.4 Å². The van der Waals surface area contributed by atoms with Gasteiger partial charge in [-0.1, -0.05) is 12.2 Å². The molecule has 1 N–H and O–H groups in total. The van der Waals surface area contributed by atoms with Crippen LogP contribution in [0, 0.1) is 5.82 Å². The molecular formula is C26H28FNO6S. The summed E-state index contributed by atoms with van der Waals surface area (Å²) in [6, 6.07) is 12.2. The predicted molar refractivity (Wildman–Crippen MR) is 137 cm³/mol. The molecule has 0 radical (unpaired) electrons. The molecule has 0 atom stereocenters. The molecule has 0 aliphatic heterocycles. The summed E-state index contributed by atoms with van der Waals surface area (Å²) in [5, 5.41) is 0. The molecule has 0 bridgehead atoms. The smallest absolute Gasteiger partial charge is 0.203 e. The Labute approximate surface area is 208 Å². The maximum atomic E-state index is 14.5. The molecule has 0 aliphatic rings. The number of benzene rings is 3. The zero-order valence-corrected chi connectivity index (χ0v) is 21.2. The standard InChI is InChI=1S/C26H28FNO6S/c1-29-20-12-10-18(15-21(20)30-2)35-28-24-17(9-11-19(27)25(24)33-5)8-7-16-13-22(31-3)26(34-6)23(14-16)32-4/h7-15,28H,1-6H3/b8-7-. The summed E-state index contributed by atoms with van der Waals surface area (Å²) < 4.78 is 50.0. The molecule has 3 rings (SSSR count). The van der Waals surface area contributed by atoms with Gasteiger partial charge < -0.3 is 33.1 Å². The summed E-state index contributed by atoms with van der Waals surface area (Å²) in [7, 11) is 9.24. The minimum atomic E-state index is -0.479. The number of methoxy groups -OCH3 is 6. The fraction of sp³-hybridized carbons (Fsp3) is 0.231. The highest BCUT2D eigenvalue weighted by molar-refractivity contribution is 8.00. The van der Waals surface area contributed by atoms with Crippen LogP contribution in [0.4, 0.5) is 10.1 Å². The molecule has 0 heterocycles. The molecule has 0 saturated carbocycles. The van der Waals surface area contributed by atoms with Gasteiger partial charge in [-0.25, -0.2) is 4.39 Å². The van der Waals surface area contributed by atoms with Gasteiger partial charge in [0.05, 0.1) is 48.3 Å². The second kappa shape index (κ2) is 12.1. The SMILES string of the molecule is COc1ccc(SNc2c(/C=C\c3cc(OC)c(OC)c(OC)c3)ccc(F)c2OC)cc1OC. The van der Waals surface area contributed by atoms with E-state index in [0.29, 0.717) is 40.0 Å². The lowest BCUT2D eigenvalue weighted by atomic mass is 10.1. The van der Waals surface area contributed by atoms with Gasteiger partial charge in [-0.05, 0) is 60.0 Å². The maximum Gasteiger partial charge on any atom is 0.203 e. The van der Waals surface area contributed by atoms with Crippen molar-refractivity contribution in [3.05, 3.63) is 59.4 Å². The van der Waals surface area contributed by atoms with Gasteiger partial charge in [-0.2, -0.15) is 0 Å². The monoisotopic (exact) mass is 501 g/mol. The highest BCUT2D eigenvalue weighted by Crippen LogP contribution is 2.40. The van der Waals surface area contributed by atoms with E-state index in [4.69, 9.17) is 28.4 Å². The van der Waals surface area contributed by atoms with Crippen LogP contribution in [-0.4, -0.2) is 42.7 Å². The number of anilines is 1. The summed E-state index contributed by atoms with van der Waals surface area (Å²) in [5.74, 6) is 2.40. The number of rotatable bonds is 11. The van der Waals surface area contributed by atoms with E-state index in [9.17, 15) is 4.39 Å². The lowest BCUT2D eigenvalue weighted by Crippen LogP contribution is -1.98. The van der Waals surface area contributed by atoms with Gasteiger partial charge in [-0.15, -0.1) is 0 Å². The fourth-order valence-corrected chi connectivity index (χ4v) is 4.12. The van der Waals surface area contributed by atoms with E-state index in [-0.39, 0.29) is 5.75 Å². The number of ether oxygens (including phenoxy) is 6. The third-order valence-electron chi connectivity index (χ3n) is 5.11. The first-order chi connectivity index (χ1) is 17.0. The van der Waals surface area contributed by atoms with Crippen molar-refractivity contribution in [2.45, 2.75) is 4.90 Å². The Kier molecular flexibility index (Phi) is 8.97. The zero-order valence-electron chi connectivity index (χ0n) is 20.4. The van der Waals surface area contributed by atoms with E-state index in [1.165, 1.54) is 25.1 Å². The van der Waals surface area contributed by atoms with Gasteiger partial charge in [0.15, 0.2) is 34.6 Å². The van der Waals surface area contributed by atoms with E-state index in [2.05, 4.69) is 4.72 Å². The normalized spacial score (nSPS) is 10.7. The van der Waals surface area contributed by atoms with E-state index >= 15 is 0 Å². The highest BCUT2D eigenvalue weighted by atomic mass is 32.2. The molecular weight excluding hydrogens is 473 g/mol. The van der Waals surface area contributed by atoms with Crippen molar-refractivity contribution in [3.8, 4) is 34.5 Å². The van der Waals surface area contributed by atoms with Crippen molar-refractivity contribution < 1.29 is 32.8 Å². The first-order valence-corrected chi connectivity index (χ1v) is 11.3. The topological polar surface area (TPSA) is 67.4 Å². The van der Waals surface area contributed by atoms with Crippen LogP contribution in [0.25, 0.3) is 12.2 Å². The average molecular weight is 502 g/mol. The molecule has 3 aromatic rings. The zero-order chi connectivity index (χ0) is 25.4. The average Bonchev–Trinajstić information content (AvgIpc) is 2.90. The Morgan fingerprint density at radius 3 is 1.86 bits per heavy atom. The molecule has 186 valence electrons. The van der Waals surface area contributed by atoms with E-state index in [0.717, 1.165) is 10.5 Å². The van der Waals surface area contributed by atoms with Crippen LogP contribution in [0.5, 0.6) is 34.5 Å². The van der Waals surface area contributed by atoms with Crippen LogP contribution < -0.4 is 33.1 Å². The summed E-state index contributed by atoms with van der Waals surface area (Å²) in [5.41, 5.74) is 2.00. The summed E-state index contributed by atoms with van der Waals surface area (Å²) in [6.45, 7) is 0. The molecule has 0 fully saturated rings. The molecule has 0 saturated heterocycles. The molecule has 35 heavy (non-hydrogen) atoms. The Morgan fingerprint density at radius 1 is 0.657 bits per heavy atom. The first kappa shape index (κ1) is 25.9.